The zero-order valence-electron chi connectivity index (χ0n) is 29.3. The van der Waals surface area contributed by atoms with E-state index >= 15 is 0 Å². The monoisotopic (exact) mass is 704 g/mol. The summed E-state index contributed by atoms with van der Waals surface area (Å²) in [7, 11) is 0. The van der Waals surface area contributed by atoms with Crippen LogP contribution in [0, 0.1) is 0 Å². The van der Waals surface area contributed by atoms with Gasteiger partial charge in [0.05, 0.1) is 16.4 Å². The van der Waals surface area contributed by atoms with Gasteiger partial charge in [-0.1, -0.05) is 121 Å². The van der Waals surface area contributed by atoms with Gasteiger partial charge in [0.2, 0.25) is 0 Å². The molecule has 0 unspecified atom stereocenters. The number of hydrogen-bond donors (Lipinski definition) is 0. The minimum Gasteiger partial charge on any atom is -0.456 e. The summed E-state index contributed by atoms with van der Waals surface area (Å²) in [6.07, 6.45) is 0. The van der Waals surface area contributed by atoms with Gasteiger partial charge in [0.25, 0.3) is 0 Å². The topological polar surface area (TPSA) is 69.9 Å². The second-order valence-electron chi connectivity index (χ2n) is 14.0. The third kappa shape index (κ3) is 4.46. The first-order valence-corrected chi connectivity index (χ1v) is 18.4. The summed E-state index contributed by atoms with van der Waals surface area (Å²) >= 11 is 0. The third-order valence-electron chi connectivity index (χ3n) is 10.8. The Kier molecular flexibility index (Phi) is 6.24. The van der Waals surface area contributed by atoms with Crippen molar-refractivity contribution in [1.82, 2.24) is 19.5 Å². The first-order chi connectivity index (χ1) is 27.3. The molecule has 0 radical (unpaired) electrons. The summed E-state index contributed by atoms with van der Waals surface area (Å²) in [6.45, 7) is 0. The van der Waals surface area contributed by atoms with E-state index in [0.717, 1.165) is 88.1 Å². The molecule has 0 aliphatic rings. The maximum absolute atomic E-state index is 6.83. The SMILES string of the molecule is c1ccc(-c2nc(-c3ccccc3)nc(-c3cc4ccc(-n5c6ccccc6c6ccc7oc8ccccc8c7c65)cc4c4oc5ccccc5c34)n2)cc1. The molecule has 0 saturated heterocycles. The summed E-state index contributed by atoms with van der Waals surface area (Å²) in [5.74, 6) is 1.82. The molecule has 0 fully saturated rings. The highest BCUT2D eigenvalue weighted by molar-refractivity contribution is 6.25. The molecule has 0 spiro atoms. The molecule has 12 aromatic rings. The summed E-state index contributed by atoms with van der Waals surface area (Å²) in [6, 6.07) is 58.4. The summed E-state index contributed by atoms with van der Waals surface area (Å²) < 4.78 is 15.6. The fourth-order valence-electron chi connectivity index (χ4n) is 8.37. The van der Waals surface area contributed by atoms with Crippen LogP contribution < -0.4 is 0 Å². The number of hydrogen-bond acceptors (Lipinski definition) is 5. The van der Waals surface area contributed by atoms with Gasteiger partial charge in [-0.3, -0.25) is 0 Å². The lowest BCUT2D eigenvalue weighted by Gasteiger charge is -2.13. The van der Waals surface area contributed by atoms with Gasteiger partial charge in [0, 0.05) is 54.7 Å². The summed E-state index contributed by atoms with van der Waals surface area (Å²) in [5.41, 5.74) is 9.35. The van der Waals surface area contributed by atoms with Crippen LogP contribution in [0.5, 0.6) is 0 Å². The molecule has 6 nitrogen and oxygen atoms in total. The van der Waals surface area contributed by atoms with E-state index in [9.17, 15) is 0 Å². The molecule has 0 saturated carbocycles. The maximum Gasteiger partial charge on any atom is 0.164 e. The van der Waals surface area contributed by atoms with Crippen molar-refractivity contribution in [2.45, 2.75) is 0 Å². The molecule has 0 aliphatic carbocycles. The van der Waals surface area contributed by atoms with E-state index in [4.69, 9.17) is 23.8 Å². The van der Waals surface area contributed by atoms with Gasteiger partial charge in [-0.05, 0) is 53.9 Å². The molecule has 0 atom stereocenters. The van der Waals surface area contributed by atoms with E-state index in [0.29, 0.717) is 17.5 Å². The summed E-state index contributed by atoms with van der Waals surface area (Å²) in [5, 5.41) is 8.56. The summed E-state index contributed by atoms with van der Waals surface area (Å²) in [4.78, 5) is 15.2. The maximum atomic E-state index is 6.83. The van der Waals surface area contributed by atoms with Crippen molar-refractivity contribution >= 4 is 76.5 Å². The van der Waals surface area contributed by atoms with Gasteiger partial charge in [-0.15, -0.1) is 0 Å². The van der Waals surface area contributed by atoms with Gasteiger partial charge < -0.3 is 13.4 Å². The fraction of sp³-hybridized carbons (Fsp3) is 0. The van der Waals surface area contributed by atoms with Crippen molar-refractivity contribution in [2.75, 3.05) is 0 Å². The van der Waals surface area contributed by atoms with Crippen LogP contribution in [0.1, 0.15) is 0 Å². The van der Waals surface area contributed by atoms with Crippen LogP contribution >= 0.6 is 0 Å². The lowest BCUT2D eigenvalue weighted by atomic mass is 9.99. The third-order valence-corrected chi connectivity index (χ3v) is 10.8. The van der Waals surface area contributed by atoms with Gasteiger partial charge >= 0.3 is 0 Å². The van der Waals surface area contributed by atoms with Crippen LogP contribution in [0.4, 0.5) is 0 Å². The normalized spacial score (nSPS) is 12.0. The molecule has 8 aromatic carbocycles. The Morgan fingerprint density at radius 2 is 1.00 bits per heavy atom. The van der Waals surface area contributed by atoms with E-state index in [1.54, 1.807) is 0 Å². The minimum absolute atomic E-state index is 0.590. The van der Waals surface area contributed by atoms with Crippen LogP contribution in [-0.2, 0) is 0 Å². The van der Waals surface area contributed by atoms with E-state index in [-0.39, 0.29) is 0 Å². The zero-order valence-corrected chi connectivity index (χ0v) is 29.3. The van der Waals surface area contributed by atoms with Crippen molar-refractivity contribution in [3.05, 3.63) is 170 Å². The number of para-hydroxylation sites is 3. The Bertz CT molecular complexity index is 3430. The minimum atomic E-state index is 0.590. The van der Waals surface area contributed by atoms with Gasteiger partial charge in [0.1, 0.15) is 22.3 Å². The molecular weight excluding hydrogens is 677 g/mol. The predicted octanol–water partition coefficient (Wildman–Crippen LogP) is 12.9. The van der Waals surface area contributed by atoms with Crippen LogP contribution in [0.2, 0.25) is 0 Å². The molecule has 0 N–H and O–H groups in total. The number of fused-ring (bicyclic) bond motifs is 12. The molecule has 0 amide bonds. The molecule has 0 aliphatic heterocycles. The highest BCUT2D eigenvalue weighted by Gasteiger charge is 2.23. The first-order valence-electron chi connectivity index (χ1n) is 18.4. The average molecular weight is 705 g/mol. The van der Waals surface area contributed by atoms with E-state index in [2.05, 4.69) is 89.5 Å². The van der Waals surface area contributed by atoms with Crippen LogP contribution in [0.3, 0.4) is 0 Å². The Balaban J connectivity index is 1.16. The molecule has 4 heterocycles. The quantitative estimate of drug-likeness (QED) is 0.182. The lowest BCUT2D eigenvalue weighted by molar-refractivity contribution is 0.669. The van der Waals surface area contributed by atoms with E-state index in [1.807, 2.05) is 84.9 Å². The van der Waals surface area contributed by atoms with Gasteiger partial charge in [-0.25, -0.2) is 15.0 Å². The van der Waals surface area contributed by atoms with Gasteiger partial charge in [0.15, 0.2) is 17.5 Å². The second-order valence-corrected chi connectivity index (χ2v) is 14.0. The lowest BCUT2D eigenvalue weighted by Crippen LogP contribution is -2.00. The van der Waals surface area contributed by atoms with Crippen LogP contribution in [0.15, 0.2) is 179 Å². The number of furan rings is 2. The zero-order chi connectivity index (χ0) is 36.0. The van der Waals surface area contributed by atoms with Gasteiger partial charge in [-0.2, -0.15) is 0 Å². The molecule has 4 aromatic heterocycles. The highest BCUT2D eigenvalue weighted by Crippen LogP contribution is 2.44. The fourth-order valence-corrected chi connectivity index (χ4v) is 8.37. The first kappa shape index (κ1) is 29.9. The molecule has 55 heavy (non-hydrogen) atoms. The molecule has 6 heteroatoms. The smallest absolute Gasteiger partial charge is 0.164 e. The van der Waals surface area contributed by atoms with Crippen molar-refractivity contribution in [2.24, 2.45) is 0 Å². The molecule has 256 valence electrons. The van der Waals surface area contributed by atoms with E-state index < -0.39 is 0 Å². The van der Waals surface area contributed by atoms with Crippen LogP contribution in [0.25, 0.3) is 116 Å². The standard InChI is InChI=1S/C49H28N4O2/c1-3-13-29(14-4-1)47-50-48(30-15-5-2-6-16-30)52-49(51-47)38-27-31-23-24-32(28-37(31)46-43(38)35-18-8-12-22-41(35)55-46)53-39-20-10-7-17-33(39)34-25-26-42-44(45(34)53)36-19-9-11-21-40(36)54-42/h1-28H. The Hall–Kier alpha value is -7.57. The second kappa shape index (κ2) is 11.5. The van der Waals surface area contributed by atoms with E-state index in [1.165, 1.54) is 10.8 Å². The van der Waals surface area contributed by atoms with Crippen LogP contribution in [-0.4, -0.2) is 19.5 Å². The van der Waals surface area contributed by atoms with Crippen molar-refractivity contribution < 1.29 is 8.83 Å². The molecular formula is C49H28N4O2. The highest BCUT2D eigenvalue weighted by atomic mass is 16.3. The number of rotatable bonds is 4. The van der Waals surface area contributed by atoms with Crippen molar-refractivity contribution in [1.29, 1.82) is 0 Å². The van der Waals surface area contributed by atoms with Crippen molar-refractivity contribution in [3.8, 4) is 39.9 Å². The van der Waals surface area contributed by atoms with Crippen molar-refractivity contribution in [3.63, 3.8) is 0 Å². The Morgan fingerprint density at radius 3 is 1.73 bits per heavy atom. The number of benzene rings is 8. The Morgan fingerprint density at radius 1 is 0.400 bits per heavy atom. The number of nitrogens with zero attached hydrogens (tertiary/aromatic N) is 4. The predicted molar refractivity (Wildman–Crippen MR) is 223 cm³/mol. The molecule has 12 rings (SSSR count). The molecule has 0 bridgehead atoms. The number of aromatic nitrogens is 4. The Labute approximate surface area is 313 Å². The average Bonchev–Trinajstić information content (AvgIpc) is 3.94. The largest absolute Gasteiger partial charge is 0.456 e.